The van der Waals surface area contributed by atoms with E-state index in [2.05, 4.69) is 19.2 Å². The molecule has 1 atom stereocenters. The number of benzene rings is 1. The molecular weight excluding hydrogens is 213 g/mol. The highest BCUT2D eigenvalue weighted by Crippen LogP contribution is 2.17. The fourth-order valence-corrected chi connectivity index (χ4v) is 1.70. The first-order chi connectivity index (χ1) is 7.15. The van der Waals surface area contributed by atoms with Gasteiger partial charge in [-0.05, 0) is 19.4 Å². The van der Waals surface area contributed by atoms with Crippen molar-refractivity contribution >= 4 is 11.6 Å². The SMILES string of the molecule is CCCC(C)NCc1cccc(Cl)c1F. The molecule has 1 aromatic rings. The largest absolute Gasteiger partial charge is 0.310 e. The minimum Gasteiger partial charge on any atom is -0.310 e. The van der Waals surface area contributed by atoms with Crippen LogP contribution in [0.25, 0.3) is 0 Å². The molecule has 0 aliphatic carbocycles. The molecule has 0 heterocycles. The van der Waals surface area contributed by atoms with Gasteiger partial charge in [-0.2, -0.15) is 0 Å². The summed E-state index contributed by atoms with van der Waals surface area (Å²) in [7, 11) is 0. The quantitative estimate of drug-likeness (QED) is 0.811. The van der Waals surface area contributed by atoms with Crippen LogP contribution in [0.3, 0.4) is 0 Å². The second-order valence-corrected chi connectivity index (χ2v) is 4.19. The summed E-state index contributed by atoms with van der Waals surface area (Å²) in [6.45, 7) is 4.78. The molecule has 0 saturated heterocycles. The topological polar surface area (TPSA) is 12.0 Å². The van der Waals surface area contributed by atoms with E-state index in [0.29, 0.717) is 18.2 Å². The van der Waals surface area contributed by atoms with Crippen LogP contribution in [0, 0.1) is 5.82 Å². The van der Waals surface area contributed by atoms with Gasteiger partial charge in [-0.1, -0.05) is 37.1 Å². The van der Waals surface area contributed by atoms with Gasteiger partial charge >= 0.3 is 0 Å². The predicted molar refractivity (Wildman–Crippen MR) is 62.6 cm³/mol. The average Bonchev–Trinajstić information content (AvgIpc) is 2.21. The van der Waals surface area contributed by atoms with Crippen LogP contribution < -0.4 is 5.32 Å². The fourth-order valence-electron chi connectivity index (χ4n) is 1.50. The normalized spacial score (nSPS) is 12.8. The Morgan fingerprint density at radius 3 is 2.87 bits per heavy atom. The Balaban J connectivity index is 2.54. The minimum atomic E-state index is -0.310. The van der Waals surface area contributed by atoms with Crippen LogP contribution in [0.5, 0.6) is 0 Å². The van der Waals surface area contributed by atoms with Gasteiger partial charge in [0, 0.05) is 18.2 Å². The number of hydrogen-bond donors (Lipinski definition) is 1. The third-order valence-corrected chi connectivity index (χ3v) is 2.69. The predicted octanol–water partition coefficient (Wildman–Crippen LogP) is 3.76. The first-order valence-corrected chi connectivity index (χ1v) is 5.69. The van der Waals surface area contributed by atoms with E-state index >= 15 is 0 Å². The number of hydrogen-bond acceptors (Lipinski definition) is 1. The van der Waals surface area contributed by atoms with E-state index in [9.17, 15) is 4.39 Å². The first kappa shape index (κ1) is 12.5. The van der Waals surface area contributed by atoms with Crippen molar-refractivity contribution in [3.05, 3.63) is 34.6 Å². The number of nitrogens with one attached hydrogen (secondary N) is 1. The molecule has 0 aliphatic rings. The summed E-state index contributed by atoms with van der Waals surface area (Å²) in [5.41, 5.74) is 0.630. The maximum Gasteiger partial charge on any atom is 0.146 e. The second-order valence-electron chi connectivity index (χ2n) is 3.78. The summed E-state index contributed by atoms with van der Waals surface area (Å²) in [5.74, 6) is -0.310. The number of halogens is 2. The van der Waals surface area contributed by atoms with Gasteiger partial charge in [-0.3, -0.25) is 0 Å². The van der Waals surface area contributed by atoms with E-state index in [1.807, 2.05) is 0 Å². The molecule has 1 rings (SSSR count). The average molecular weight is 230 g/mol. The van der Waals surface area contributed by atoms with Crippen molar-refractivity contribution in [2.75, 3.05) is 0 Å². The summed E-state index contributed by atoms with van der Waals surface area (Å²) >= 11 is 5.69. The molecule has 0 bridgehead atoms. The fraction of sp³-hybridized carbons (Fsp3) is 0.500. The van der Waals surface area contributed by atoms with Crippen molar-refractivity contribution < 1.29 is 4.39 Å². The van der Waals surface area contributed by atoms with Crippen LogP contribution >= 0.6 is 11.6 Å². The lowest BCUT2D eigenvalue weighted by Crippen LogP contribution is -2.25. The van der Waals surface area contributed by atoms with Crippen molar-refractivity contribution in [3.63, 3.8) is 0 Å². The van der Waals surface area contributed by atoms with Crippen molar-refractivity contribution in [2.45, 2.75) is 39.3 Å². The molecule has 0 aliphatic heterocycles. The number of rotatable bonds is 5. The zero-order valence-electron chi connectivity index (χ0n) is 9.19. The maximum absolute atomic E-state index is 13.5. The molecule has 1 unspecified atom stereocenters. The third kappa shape index (κ3) is 3.80. The van der Waals surface area contributed by atoms with Gasteiger partial charge in [-0.15, -0.1) is 0 Å². The standard InChI is InChI=1S/C12H17ClFN/c1-3-5-9(2)15-8-10-6-4-7-11(13)12(10)14/h4,6-7,9,15H,3,5,8H2,1-2H3. The van der Waals surface area contributed by atoms with Crippen LogP contribution in [-0.2, 0) is 6.54 Å². The Morgan fingerprint density at radius 2 is 2.20 bits per heavy atom. The van der Waals surface area contributed by atoms with Crippen molar-refractivity contribution in [3.8, 4) is 0 Å². The van der Waals surface area contributed by atoms with Crippen LogP contribution in [-0.4, -0.2) is 6.04 Å². The Bertz CT molecular complexity index is 314. The molecule has 0 spiro atoms. The van der Waals surface area contributed by atoms with E-state index in [0.717, 1.165) is 12.8 Å². The molecule has 0 fully saturated rings. The Hall–Kier alpha value is -0.600. The van der Waals surface area contributed by atoms with E-state index < -0.39 is 0 Å². The van der Waals surface area contributed by atoms with Crippen LogP contribution in [0.1, 0.15) is 32.3 Å². The molecule has 0 radical (unpaired) electrons. The lowest BCUT2D eigenvalue weighted by Gasteiger charge is -2.13. The zero-order chi connectivity index (χ0) is 11.3. The summed E-state index contributed by atoms with van der Waals surface area (Å²) in [6, 6.07) is 5.50. The lowest BCUT2D eigenvalue weighted by atomic mass is 10.1. The summed E-state index contributed by atoms with van der Waals surface area (Å²) in [6.07, 6.45) is 2.23. The molecule has 0 saturated carbocycles. The van der Waals surface area contributed by atoms with Gasteiger partial charge < -0.3 is 5.32 Å². The van der Waals surface area contributed by atoms with Gasteiger partial charge in [0.05, 0.1) is 5.02 Å². The molecule has 1 nitrogen and oxygen atoms in total. The Labute approximate surface area is 95.6 Å². The van der Waals surface area contributed by atoms with E-state index in [4.69, 9.17) is 11.6 Å². The highest BCUT2D eigenvalue weighted by molar-refractivity contribution is 6.30. The van der Waals surface area contributed by atoms with Gasteiger partial charge in [0.15, 0.2) is 0 Å². The van der Waals surface area contributed by atoms with E-state index in [1.54, 1.807) is 18.2 Å². The summed E-state index contributed by atoms with van der Waals surface area (Å²) in [4.78, 5) is 0. The van der Waals surface area contributed by atoms with Gasteiger partial charge in [0.25, 0.3) is 0 Å². The molecule has 3 heteroatoms. The monoisotopic (exact) mass is 229 g/mol. The van der Waals surface area contributed by atoms with Crippen LogP contribution in [0.15, 0.2) is 18.2 Å². The first-order valence-electron chi connectivity index (χ1n) is 5.31. The zero-order valence-corrected chi connectivity index (χ0v) is 9.94. The lowest BCUT2D eigenvalue weighted by molar-refractivity contribution is 0.496. The highest BCUT2D eigenvalue weighted by atomic mass is 35.5. The van der Waals surface area contributed by atoms with Gasteiger partial charge in [0.1, 0.15) is 5.82 Å². The van der Waals surface area contributed by atoms with Crippen molar-refractivity contribution in [1.82, 2.24) is 5.32 Å². The van der Waals surface area contributed by atoms with Crippen LogP contribution in [0.2, 0.25) is 5.02 Å². The smallest absolute Gasteiger partial charge is 0.146 e. The minimum absolute atomic E-state index is 0.192. The van der Waals surface area contributed by atoms with Gasteiger partial charge in [0.2, 0.25) is 0 Å². The van der Waals surface area contributed by atoms with E-state index in [-0.39, 0.29) is 10.8 Å². The third-order valence-electron chi connectivity index (χ3n) is 2.39. The maximum atomic E-state index is 13.5. The molecule has 1 N–H and O–H groups in total. The molecule has 84 valence electrons. The van der Waals surface area contributed by atoms with Crippen molar-refractivity contribution in [1.29, 1.82) is 0 Å². The molecule has 0 aromatic heterocycles. The highest BCUT2D eigenvalue weighted by Gasteiger charge is 2.06. The molecule has 15 heavy (non-hydrogen) atoms. The Morgan fingerprint density at radius 1 is 1.47 bits per heavy atom. The van der Waals surface area contributed by atoms with Crippen molar-refractivity contribution in [2.24, 2.45) is 0 Å². The van der Waals surface area contributed by atoms with E-state index in [1.165, 1.54) is 0 Å². The molecular formula is C12H17ClFN. The Kier molecular flexibility index (Phi) is 5.06. The second kappa shape index (κ2) is 6.09. The summed E-state index contributed by atoms with van der Waals surface area (Å²) < 4.78 is 13.5. The van der Waals surface area contributed by atoms with Crippen LogP contribution in [0.4, 0.5) is 4.39 Å². The summed E-state index contributed by atoms with van der Waals surface area (Å²) in [5, 5.41) is 3.46. The molecule has 1 aromatic carbocycles. The molecule has 0 amide bonds. The van der Waals surface area contributed by atoms with Gasteiger partial charge in [-0.25, -0.2) is 4.39 Å².